The van der Waals surface area contributed by atoms with Crippen molar-refractivity contribution in [1.29, 1.82) is 0 Å². The summed E-state index contributed by atoms with van der Waals surface area (Å²) in [4.78, 5) is 26.7. The molecule has 1 atom stereocenters. The van der Waals surface area contributed by atoms with Crippen LogP contribution >= 0.6 is 0 Å². The molecule has 0 saturated heterocycles. The van der Waals surface area contributed by atoms with Gasteiger partial charge in [-0.05, 0) is 60.6 Å². The number of amides is 2. The Morgan fingerprint density at radius 1 is 1.12 bits per heavy atom. The molecule has 2 aromatic rings. The minimum absolute atomic E-state index is 0.0326. The first-order chi connectivity index (χ1) is 12.7. The molecule has 0 fully saturated rings. The van der Waals surface area contributed by atoms with E-state index in [0.29, 0.717) is 18.5 Å². The van der Waals surface area contributed by atoms with Gasteiger partial charge in [-0.3, -0.25) is 9.59 Å². The Morgan fingerprint density at radius 2 is 1.96 bits per heavy atom. The number of benzene rings is 2. The molecule has 4 heteroatoms. The summed E-state index contributed by atoms with van der Waals surface area (Å²) >= 11 is 0. The Hall–Kier alpha value is -2.62. The number of hydrogen-bond donors (Lipinski definition) is 1. The Labute approximate surface area is 154 Å². The van der Waals surface area contributed by atoms with Crippen molar-refractivity contribution in [2.45, 2.75) is 45.1 Å². The highest BCUT2D eigenvalue weighted by atomic mass is 16.2. The minimum atomic E-state index is -0.0326. The number of nitrogens with zero attached hydrogens (tertiary/aromatic N) is 1. The molecule has 1 heterocycles. The molecule has 0 unspecified atom stereocenters. The van der Waals surface area contributed by atoms with E-state index in [-0.39, 0.29) is 17.9 Å². The van der Waals surface area contributed by atoms with Crippen molar-refractivity contribution >= 4 is 17.5 Å². The zero-order valence-electron chi connectivity index (χ0n) is 15.1. The van der Waals surface area contributed by atoms with E-state index in [4.69, 9.17) is 0 Å². The summed E-state index contributed by atoms with van der Waals surface area (Å²) < 4.78 is 0. The van der Waals surface area contributed by atoms with E-state index < -0.39 is 0 Å². The quantitative estimate of drug-likeness (QED) is 0.917. The molecule has 2 amide bonds. The van der Waals surface area contributed by atoms with Crippen molar-refractivity contribution in [3.05, 3.63) is 64.7 Å². The smallest absolute Gasteiger partial charge is 0.251 e. The van der Waals surface area contributed by atoms with Crippen molar-refractivity contribution in [1.82, 2.24) is 5.32 Å². The molecule has 4 rings (SSSR count). The number of carbonyl (C=O) groups excluding carboxylic acids is 2. The monoisotopic (exact) mass is 348 g/mol. The minimum Gasteiger partial charge on any atom is -0.345 e. The Balaban J connectivity index is 1.53. The first-order valence-electron chi connectivity index (χ1n) is 9.49. The second-order valence-corrected chi connectivity index (χ2v) is 7.11. The maximum Gasteiger partial charge on any atom is 0.251 e. The molecule has 0 bridgehead atoms. The van der Waals surface area contributed by atoms with Gasteiger partial charge >= 0.3 is 0 Å². The number of carbonyl (C=O) groups is 2. The molecule has 0 radical (unpaired) electrons. The molecule has 0 spiro atoms. The molecule has 0 saturated carbocycles. The van der Waals surface area contributed by atoms with Gasteiger partial charge in [0, 0.05) is 24.2 Å². The lowest BCUT2D eigenvalue weighted by Crippen LogP contribution is -2.31. The predicted octanol–water partition coefficient (Wildman–Crippen LogP) is 3.79. The number of fused-ring (bicyclic) bond motifs is 2. The van der Waals surface area contributed by atoms with Gasteiger partial charge in [0.15, 0.2) is 0 Å². The first kappa shape index (κ1) is 16.8. The standard InChI is InChI=1S/C22H24N2O2/c1-2-21(25)24-13-12-16-14-17(10-11-20(16)24)22(26)23-19-9-5-7-15-6-3-4-8-18(15)19/h3-4,6,8,10-11,14,19H,2,5,7,9,12-13H2,1H3,(H,23,26)/t19-/m1/s1. The van der Waals surface area contributed by atoms with Crippen molar-refractivity contribution in [3.8, 4) is 0 Å². The van der Waals surface area contributed by atoms with Gasteiger partial charge in [0.25, 0.3) is 5.91 Å². The molecular formula is C22H24N2O2. The number of aryl methyl sites for hydroxylation is 1. The van der Waals surface area contributed by atoms with Crippen LogP contribution in [0.25, 0.3) is 0 Å². The second-order valence-electron chi connectivity index (χ2n) is 7.11. The number of anilines is 1. The number of hydrogen-bond acceptors (Lipinski definition) is 2. The lowest BCUT2D eigenvalue weighted by Gasteiger charge is -2.26. The largest absolute Gasteiger partial charge is 0.345 e. The lowest BCUT2D eigenvalue weighted by atomic mass is 9.87. The zero-order chi connectivity index (χ0) is 18.1. The zero-order valence-corrected chi connectivity index (χ0v) is 15.1. The fraction of sp³-hybridized carbons (Fsp3) is 0.364. The summed E-state index contributed by atoms with van der Waals surface area (Å²) in [5.74, 6) is 0.106. The molecule has 2 aromatic carbocycles. The van der Waals surface area contributed by atoms with Crippen LogP contribution in [0.2, 0.25) is 0 Å². The Kier molecular flexibility index (Phi) is 4.49. The van der Waals surface area contributed by atoms with Gasteiger partial charge < -0.3 is 10.2 Å². The van der Waals surface area contributed by atoms with Gasteiger partial charge in [-0.25, -0.2) is 0 Å². The number of rotatable bonds is 3. The third kappa shape index (κ3) is 3.00. The summed E-state index contributed by atoms with van der Waals surface area (Å²) in [7, 11) is 0. The predicted molar refractivity (Wildman–Crippen MR) is 102 cm³/mol. The summed E-state index contributed by atoms with van der Waals surface area (Å²) in [6, 6.07) is 14.2. The van der Waals surface area contributed by atoms with E-state index in [1.54, 1.807) is 0 Å². The molecule has 1 aliphatic heterocycles. The third-order valence-electron chi connectivity index (χ3n) is 5.52. The molecule has 0 aromatic heterocycles. The van der Waals surface area contributed by atoms with Gasteiger partial charge in [-0.2, -0.15) is 0 Å². The average molecular weight is 348 g/mol. The van der Waals surface area contributed by atoms with E-state index >= 15 is 0 Å². The van der Waals surface area contributed by atoms with Crippen LogP contribution in [0.4, 0.5) is 5.69 Å². The molecule has 134 valence electrons. The van der Waals surface area contributed by atoms with Crippen molar-refractivity contribution in [2.75, 3.05) is 11.4 Å². The fourth-order valence-electron chi connectivity index (χ4n) is 4.14. The van der Waals surface area contributed by atoms with E-state index in [1.165, 1.54) is 11.1 Å². The highest BCUT2D eigenvalue weighted by Gasteiger charge is 2.26. The molecule has 26 heavy (non-hydrogen) atoms. The first-order valence-corrected chi connectivity index (χ1v) is 9.49. The second kappa shape index (κ2) is 6.94. The Bertz CT molecular complexity index is 859. The van der Waals surface area contributed by atoms with Crippen LogP contribution in [0.3, 0.4) is 0 Å². The van der Waals surface area contributed by atoms with E-state index in [1.807, 2.05) is 36.1 Å². The fourth-order valence-corrected chi connectivity index (χ4v) is 4.14. The van der Waals surface area contributed by atoms with Crippen molar-refractivity contribution in [3.63, 3.8) is 0 Å². The molecule has 1 aliphatic carbocycles. The highest BCUT2D eigenvalue weighted by molar-refractivity contribution is 5.98. The van der Waals surface area contributed by atoms with Crippen LogP contribution in [0.5, 0.6) is 0 Å². The normalized spacial score (nSPS) is 18.2. The summed E-state index contributed by atoms with van der Waals surface area (Å²) in [6.07, 6.45) is 4.48. The van der Waals surface area contributed by atoms with Crippen LogP contribution < -0.4 is 10.2 Å². The Morgan fingerprint density at radius 3 is 2.81 bits per heavy atom. The van der Waals surface area contributed by atoms with Gasteiger partial charge in [0.1, 0.15) is 0 Å². The summed E-state index contributed by atoms with van der Waals surface area (Å²) in [5, 5.41) is 3.21. The maximum absolute atomic E-state index is 12.8. The molecular weight excluding hydrogens is 324 g/mol. The maximum atomic E-state index is 12.8. The molecule has 4 nitrogen and oxygen atoms in total. The molecule has 2 aliphatic rings. The van der Waals surface area contributed by atoms with Gasteiger partial charge in [-0.15, -0.1) is 0 Å². The summed E-state index contributed by atoms with van der Waals surface area (Å²) in [6.45, 7) is 2.59. The lowest BCUT2D eigenvalue weighted by molar-refractivity contribution is -0.118. The van der Waals surface area contributed by atoms with E-state index in [9.17, 15) is 9.59 Å². The van der Waals surface area contributed by atoms with Crippen molar-refractivity contribution in [2.24, 2.45) is 0 Å². The average Bonchev–Trinajstić information content (AvgIpc) is 3.11. The van der Waals surface area contributed by atoms with Crippen LogP contribution in [-0.2, 0) is 17.6 Å². The number of nitrogens with one attached hydrogen (secondary N) is 1. The topological polar surface area (TPSA) is 49.4 Å². The summed E-state index contributed by atoms with van der Waals surface area (Å²) in [5.41, 5.74) is 5.30. The van der Waals surface area contributed by atoms with E-state index in [2.05, 4.69) is 23.5 Å². The van der Waals surface area contributed by atoms with Gasteiger partial charge in [-0.1, -0.05) is 31.2 Å². The van der Waals surface area contributed by atoms with Crippen LogP contribution in [-0.4, -0.2) is 18.4 Å². The SMILES string of the molecule is CCC(=O)N1CCc2cc(C(=O)N[C@@H]3CCCc4ccccc43)ccc21. The van der Waals surface area contributed by atoms with Crippen LogP contribution in [0.1, 0.15) is 59.3 Å². The van der Waals surface area contributed by atoms with Gasteiger partial charge in [0.2, 0.25) is 5.91 Å². The highest BCUT2D eigenvalue weighted by Crippen LogP contribution is 2.31. The van der Waals surface area contributed by atoms with Crippen LogP contribution in [0, 0.1) is 0 Å². The van der Waals surface area contributed by atoms with Gasteiger partial charge in [0.05, 0.1) is 6.04 Å². The third-order valence-corrected chi connectivity index (χ3v) is 5.52. The van der Waals surface area contributed by atoms with Crippen molar-refractivity contribution < 1.29 is 9.59 Å². The van der Waals surface area contributed by atoms with Crippen LogP contribution in [0.15, 0.2) is 42.5 Å². The molecule has 1 N–H and O–H groups in total. The van der Waals surface area contributed by atoms with E-state index in [0.717, 1.165) is 36.9 Å².